The van der Waals surface area contributed by atoms with Crippen molar-refractivity contribution in [2.24, 2.45) is 5.92 Å². The number of carbonyl (C=O) groups excluding carboxylic acids is 1. The molecule has 0 amide bonds. The molecule has 1 saturated heterocycles. The van der Waals surface area contributed by atoms with Gasteiger partial charge in [-0.15, -0.1) is 0 Å². The minimum atomic E-state index is 0.803. The second-order valence-corrected chi connectivity index (χ2v) is 5.00. The van der Waals surface area contributed by atoms with E-state index in [0.29, 0.717) is 0 Å². The maximum Gasteiger partial charge on any atom is 0.150 e. The van der Waals surface area contributed by atoms with Crippen LogP contribution in [0.5, 0.6) is 0 Å². The molecule has 2 nitrogen and oxygen atoms in total. The molecule has 0 atom stereocenters. The van der Waals surface area contributed by atoms with Crippen LogP contribution in [0.15, 0.2) is 18.2 Å². The van der Waals surface area contributed by atoms with Crippen molar-refractivity contribution in [3.63, 3.8) is 0 Å². The lowest BCUT2D eigenvalue weighted by Crippen LogP contribution is -2.33. The van der Waals surface area contributed by atoms with E-state index >= 15 is 0 Å². The summed E-state index contributed by atoms with van der Waals surface area (Å²) in [7, 11) is 0. The molecule has 0 N–H and O–H groups in total. The highest BCUT2D eigenvalue weighted by Crippen LogP contribution is 2.26. The average Bonchev–Trinajstić information content (AvgIpc) is 2.39. The first-order valence-electron chi connectivity index (χ1n) is 6.55. The average molecular weight is 231 g/mol. The summed E-state index contributed by atoms with van der Waals surface area (Å²) >= 11 is 0. The highest BCUT2D eigenvalue weighted by atomic mass is 16.1. The molecular formula is C15H21NO. The van der Waals surface area contributed by atoms with E-state index in [1.807, 2.05) is 13.0 Å². The molecule has 0 spiro atoms. The Labute approximate surface area is 104 Å². The van der Waals surface area contributed by atoms with Gasteiger partial charge in [-0.05, 0) is 49.4 Å². The smallest absolute Gasteiger partial charge is 0.150 e. The van der Waals surface area contributed by atoms with Crippen LogP contribution in [0.25, 0.3) is 0 Å². The Hall–Kier alpha value is -1.31. The van der Waals surface area contributed by atoms with Gasteiger partial charge in [-0.2, -0.15) is 0 Å². The van der Waals surface area contributed by atoms with Gasteiger partial charge in [0.05, 0.1) is 0 Å². The van der Waals surface area contributed by atoms with Crippen molar-refractivity contribution in [2.45, 2.75) is 33.1 Å². The van der Waals surface area contributed by atoms with Crippen LogP contribution in [0.3, 0.4) is 0 Å². The van der Waals surface area contributed by atoms with Crippen LogP contribution in [-0.2, 0) is 0 Å². The lowest BCUT2D eigenvalue weighted by atomic mass is 9.94. The molecule has 0 aromatic heterocycles. The molecule has 0 unspecified atom stereocenters. The maximum atomic E-state index is 10.8. The summed E-state index contributed by atoms with van der Waals surface area (Å²) < 4.78 is 0. The molecule has 0 saturated carbocycles. The quantitative estimate of drug-likeness (QED) is 0.743. The summed E-state index contributed by atoms with van der Waals surface area (Å²) in [6.07, 6.45) is 4.83. The standard InChI is InChI=1S/C15H21NO/c1-3-13-6-8-16(9-7-13)15-5-4-14(11-17)12(2)10-15/h4-5,10-11,13H,3,6-9H2,1-2H3. The van der Waals surface area contributed by atoms with Crippen LogP contribution < -0.4 is 4.90 Å². The largest absolute Gasteiger partial charge is 0.372 e. The van der Waals surface area contributed by atoms with Gasteiger partial charge < -0.3 is 4.90 Å². The molecule has 0 aliphatic carbocycles. The molecular weight excluding hydrogens is 210 g/mol. The van der Waals surface area contributed by atoms with Gasteiger partial charge in [0.15, 0.2) is 0 Å². The van der Waals surface area contributed by atoms with Crippen LogP contribution in [0.4, 0.5) is 5.69 Å². The fraction of sp³-hybridized carbons (Fsp3) is 0.533. The zero-order chi connectivity index (χ0) is 12.3. The highest BCUT2D eigenvalue weighted by molar-refractivity contribution is 5.78. The van der Waals surface area contributed by atoms with Crippen LogP contribution in [0.1, 0.15) is 42.1 Å². The molecule has 0 bridgehead atoms. The van der Waals surface area contributed by atoms with Crippen molar-refractivity contribution in [1.29, 1.82) is 0 Å². The Balaban J connectivity index is 2.08. The van der Waals surface area contributed by atoms with Gasteiger partial charge in [0.1, 0.15) is 6.29 Å². The molecule has 1 aromatic carbocycles. The van der Waals surface area contributed by atoms with E-state index in [1.165, 1.54) is 24.9 Å². The molecule has 1 aromatic rings. The third kappa shape index (κ3) is 2.68. The SMILES string of the molecule is CCC1CCN(c2ccc(C=O)c(C)c2)CC1. The second-order valence-electron chi connectivity index (χ2n) is 5.00. The molecule has 1 heterocycles. The minimum Gasteiger partial charge on any atom is -0.372 e. The van der Waals surface area contributed by atoms with Gasteiger partial charge >= 0.3 is 0 Å². The van der Waals surface area contributed by atoms with E-state index in [-0.39, 0.29) is 0 Å². The number of rotatable bonds is 3. The number of nitrogens with zero attached hydrogens (tertiary/aromatic N) is 1. The second kappa shape index (κ2) is 5.35. The van der Waals surface area contributed by atoms with Crippen molar-refractivity contribution in [1.82, 2.24) is 0 Å². The molecule has 1 fully saturated rings. The number of anilines is 1. The first-order valence-corrected chi connectivity index (χ1v) is 6.55. The molecule has 92 valence electrons. The molecule has 1 aliphatic rings. The van der Waals surface area contributed by atoms with Gasteiger partial charge in [0, 0.05) is 24.3 Å². The predicted molar refractivity (Wildman–Crippen MR) is 71.8 cm³/mol. The van der Waals surface area contributed by atoms with Crippen molar-refractivity contribution in [3.8, 4) is 0 Å². The molecule has 2 rings (SSSR count). The number of piperidine rings is 1. The normalized spacial score (nSPS) is 17.2. The number of aryl methyl sites for hydroxylation is 1. The number of hydrogen-bond donors (Lipinski definition) is 0. The fourth-order valence-electron chi connectivity index (χ4n) is 2.59. The van der Waals surface area contributed by atoms with Crippen molar-refractivity contribution in [3.05, 3.63) is 29.3 Å². The monoisotopic (exact) mass is 231 g/mol. The maximum absolute atomic E-state index is 10.8. The molecule has 2 heteroatoms. The van der Waals surface area contributed by atoms with E-state index in [9.17, 15) is 4.79 Å². The first kappa shape index (κ1) is 12.2. The summed E-state index contributed by atoms with van der Waals surface area (Å²) in [5, 5.41) is 0. The Morgan fingerprint density at radius 3 is 2.59 bits per heavy atom. The van der Waals surface area contributed by atoms with Crippen molar-refractivity contribution in [2.75, 3.05) is 18.0 Å². The van der Waals surface area contributed by atoms with E-state index in [4.69, 9.17) is 0 Å². The topological polar surface area (TPSA) is 20.3 Å². The number of aldehydes is 1. The molecule has 0 radical (unpaired) electrons. The van der Waals surface area contributed by atoms with E-state index in [0.717, 1.165) is 36.4 Å². The van der Waals surface area contributed by atoms with Gasteiger partial charge in [-0.1, -0.05) is 13.3 Å². The lowest BCUT2D eigenvalue weighted by molar-refractivity contribution is 0.112. The zero-order valence-electron chi connectivity index (χ0n) is 10.8. The van der Waals surface area contributed by atoms with Crippen molar-refractivity contribution >= 4 is 12.0 Å². The zero-order valence-corrected chi connectivity index (χ0v) is 10.8. The van der Waals surface area contributed by atoms with Crippen LogP contribution in [0, 0.1) is 12.8 Å². The van der Waals surface area contributed by atoms with E-state index < -0.39 is 0 Å². The summed E-state index contributed by atoms with van der Waals surface area (Å²) in [5.41, 5.74) is 3.15. The van der Waals surface area contributed by atoms with Gasteiger partial charge in [0.2, 0.25) is 0 Å². The van der Waals surface area contributed by atoms with Crippen LogP contribution in [-0.4, -0.2) is 19.4 Å². The van der Waals surface area contributed by atoms with Gasteiger partial charge in [0.25, 0.3) is 0 Å². The lowest BCUT2D eigenvalue weighted by Gasteiger charge is -2.33. The molecule has 17 heavy (non-hydrogen) atoms. The number of benzene rings is 1. The highest BCUT2D eigenvalue weighted by Gasteiger charge is 2.18. The third-order valence-corrected chi connectivity index (χ3v) is 3.94. The Kier molecular flexibility index (Phi) is 3.82. The summed E-state index contributed by atoms with van der Waals surface area (Å²) in [5.74, 6) is 0.904. The Morgan fingerprint density at radius 1 is 1.35 bits per heavy atom. The van der Waals surface area contributed by atoms with E-state index in [1.54, 1.807) is 0 Å². The number of hydrogen-bond acceptors (Lipinski definition) is 2. The van der Waals surface area contributed by atoms with Gasteiger partial charge in [-0.25, -0.2) is 0 Å². The summed E-state index contributed by atoms with van der Waals surface area (Å²) in [6.45, 7) is 6.59. The fourth-order valence-corrected chi connectivity index (χ4v) is 2.59. The first-order chi connectivity index (χ1) is 8.24. The minimum absolute atomic E-state index is 0.803. The van der Waals surface area contributed by atoms with E-state index in [2.05, 4.69) is 24.0 Å². The van der Waals surface area contributed by atoms with Crippen molar-refractivity contribution < 1.29 is 4.79 Å². The van der Waals surface area contributed by atoms with Crippen LogP contribution >= 0.6 is 0 Å². The predicted octanol–water partition coefficient (Wildman–Crippen LogP) is 3.43. The Morgan fingerprint density at radius 2 is 2.06 bits per heavy atom. The number of carbonyl (C=O) groups is 1. The van der Waals surface area contributed by atoms with Gasteiger partial charge in [-0.3, -0.25) is 4.79 Å². The summed E-state index contributed by atoms with van der Waals surface area (Å²) in [6, 6.07) is 6.14. The third-order valence-electron chi connectivity index (χ3n) is 3.94. The van der Waals surface area contributed by atoms with Crippen LogP contribution in [0.2, 0.25) is 0 Å². The summed E-state index contributed by atoms with van der Waals surface area (Å²) in [4.78, 5) is 13.2. The molecule has 1 aliphatic heterocycles. The Bertz CT molecular complexity index is 392.